The van der Waals surface area contributed by atoms with Crippen molar-refractivity contribution >= 4 is 15.9 Å². The van der Waals surface area contributed by atoms with Crippen LogP contribution in [0.5, 0.6) is 0 Å². The lowest BCUT2D eigenvalue weighted by Gasteiger charge is -2.19. The number of nitrogens with zero attached hydrogens (tertiary/aromatic N) is 1. The lowest BCUT2D eigenvalue weighted by atomic mass is 9.95. The Morgan fingerprint density at radius 3 is 2.87 bits per heavy atom. The van der Waals surface area contributed by atoms with Gasteiger partial charge in [0, 0.05) is 17.3 Å². The number of aromatic nitrogens is 1. The molecular weight excluding hydrogens is 254 g/mol. The molecule has 1 heterocycles. The summed E-state index contributed by atoms with van der Waals surface area (Å²) in [6.45, 7) is 2.03. The molecule has 0 saturated carbocycles. The lowest BCUT2D eigenvalue weighted by molar-refractivity contribution is 0.115. The molecule has 1 atom stereocenters. The van der Waals surface area contributed by atoms with Crippen molar-refractivity contribution in [1.82, 2.24) is 4.98 Å². The number of hydrogen-bond acceptors (Lipinski definition) is 2. The maximum absolute atomic E-state index is 5.32. The molecule has 0 fully saturated rings. The van der Waals surface area contributed by atoms with Crippen LogP contribution in [0.15, 0.2) is 10.5 Å². The van der Waals surface area contributed by atoms with E-state index in [1.54, 1.807) is 7.11 Å². The topological polar surface area (TPSA) is 22.1 Å². The minimum absolute atomic E-state index is 0.0617. The fourth-order valence-corrected chi connectivity index (χ4v) is 2.71. The Hall–Kier alpha value is -0.410. The minimum Gasteiger partial charge on any atom is -0.375 e. The molecule has 1 aliphatic carbocycles. The van der Waals surface area contributed by atoms with E-state index in [4.69, 9.17) is 9.72 Å². The minimum atomic E-state index is 0.0617. The number of fused-ring (bicyclic) bond motifs is 1. The van der Waals surface area contributed by atoms with Gasteiger partial charge < -0.3 is 4.74 Å². The lowest BCUT2D eigenvalue weighted by Crippen LogP contribution is -2.10. The van der Waals surface area contributed by atoms with Crippen molar-refractivity contribution < 1.29 is 4.74 Å². The summed E-state index contributed by atoms with van der Waals surface area (Å²) in [5.74, 6) is 0. The van der Waals surface area contributed by atoms with Gasteiger partial charge in [0.1, 0.15) is 0 Å². The molecule has 1 unspecified atom stereocenters. The highest BCUT2D eigenvalue weighted by Gasteiger charge is 2.17. The molecule has 0 aromatic carbocycles. The number of rotatable bonds is 2. The molecule has 2 nitrogen and oxygen atoms in total. The van der Waals surface area contributed by atoms with Crippen molar-refractivity contribution in [3.63, 3.8) is 0 Å². The predicted octanol–water partition coefficient (Wildman–Crippen LogP) is 3.43. The van der Waals surface area contributed by atoms with Gasteiger partial charge in [-0.1, -0.05) is 0 Å². The molecule has 0 saturated heterocycles. The van der Waals surface area contributed by atoms with Gasteiger partial charge in [0.15, 0.2) is 0 Å². The van der Waals surface area contributed by atoms with Crippen molar-refractivity contribution in [2.75, 3.05) is 7.11 Å². The van der Waals surface area contributed by atoms with E-state index in [0.717, 1.165) is 16.6 Å². The van der Waals surface area contributed by atoms with E-state index in [9.17, 15) is 0 Å². The first-order chi connectivity index (χ1) is 7.22. The summed E-state index contributed by atoms with van der Waals surface area (Å²) in [5.41, 5.74) is 3.70. The van der Waals surface area contributed by atoms with E-state index in [-0.39, 0.29) is 6.10 Å². The Kier molecular flexibility index (Phi) is 3.42. The summed E-state index contributed by atoms with van der Waals surface area (Å²) in [7, 11) is 1.72. The summed E-state index contributed by atoms with van der Waals surface area (Å²) in [5, 5.41) is 0. The first kappa shape index (κ1) is 11.1. The van der Waals surface area contributed by atoms with Gasteiger partial charge in [-0.05, 0) is 60.2 Å². The Bertz CT molecular complexity index is 365. The highest BCUT2D eigenvalue weighted by atomic mass is 79.9. The number of aryl methyl sites for hydroxylation is 2. The largest absolute Gasteiger partial charge is 0.375 e. The van der Waals surface area contributed by atoms with Crippen LogP contribution in [-0.4, -0.2) is 12.1 Å². The molecule has 0 amide bonds. The second-order valence-corrected chi connectivity index (χ2v) is 4.90. The predicted molar refractivity (Wildman–Crippen MR) is 64.0 cm³/mol. The molecule has 82 valence electrons. The zero-order valence-corrected chi connectivity index (χ0v) is 10.8. The van der Waals surface area contributed by atoms with Crippen LogP contribution in [0.1, 0.15) is 42.8 Å². The van der Waals surface area contributed by atoms with Crippen LogP contribution in [0.2, 0.25) is 0 Å². The van der Waals surface area contributed by atoms with Gasteiger partial charge in [0.05, 0.1) is 11.8 Å². The molecule has 0 bridgehead atoms. The summed E-state index contributed by atoms with van der Waals surface area (Å²) in [4.78, 5) is 4.71. The van der Waals surface area contributed by atoms with E-state index in [1.165, 1.54) is 30.5 Å². The third-order valence-electron chi connectivity index (χ3n) is 3.02. The molecule has 3 heteroatoms. The smallest absolute Gasteiger partial charge is 0.0974 e. The van der Waals surface area contributed by atoms with Crippen molar-refractivity contribution in [1.29, 1.82) is 0 Å². The fraction of sp³-hybridized carbons (Fsp3) is 0.583. The molecule has 15 heavy (non-hydrogen) atoms. The van der Waals surface area contributed by atoms with E-state index in [0.29, 0.717) is 0 Å². The van der Waals surface area contributed by atoms with Gasteiger partial charge >= 0.3 is 0 Å². The highest BCUT2D eigenvalue weighted by molar-refractivity contribution is 9.10. The van der Waals surface area contributed by atoms with Gasteiger partial charge in [0.25, 0.3) is 0 Å². The van der Waals surface area contributed by atoms with Crippen molar-refractivity contribution in [2.45, 2.75) is 38.7 Å². The molecule has 0 radical (unpaired) electrons. The third-order valence-corrected chi connectivity index (χ3v) is 3.66. The van der Waals surface area contributed by atoms with Crippen LogP contribution in [0.3, 0.4) is 0 Å². The number of halogens is 1. The van der Waals surface area contributed by atoms with Crippen LogP contribution >= 0.6 is 15.9 Å². The number of ether oxygens (including phenoxy) is 1. The molecule has 1 aromatic rings. The summed E-state index contributed by atoms with van der Waals surface area (Å²) in [6.07, 6.45) is 4.91. The van der Waals surface area contributed by atoms with Gasteiger partial charge in [-0.2, -0.15) is 0 Å². The maximum atomic E-state index is 5.32. The molecule has 0 N–H and O–H groups in total. The van der Waals surface area contributed by atoms with Gasteiger partial charge in [-0.25, -0.2) is 0 Å². The Labute approximate surface area is 99.2 Å². The van der Waals surface area contributed by atoms with Gasteiger partial charge in [-0.15, -0.1) is 0 Å². The average Bonchev–Trinajstić information content (AvgIpc) is 2.27. The SMILES string of the molecule is COC(C)c1nc2c(cc1Br)CCCC2. The van der Waals surface area contributed by atoms with Crippen molar-refractivity contribution in [2.24, 2.45) is 0 Å². The van der Waals surface area contributed by atoms with Gasteiger partial charge in [-0.3, -0.25) is 4.98 Å². The van der Waals surface area contributed by atoms with Gasteiger partial charge in [0.2, 0.25) is 0 Å². The number of pyridine rings is 1. The monoisotopic (exact) mass is 269 g/mol. The van der Waals surface area contributed by atoms with Crippen molar-refractivity contribution in [3.05, 3.63) is 27.5 Å². The van der Waals surface area contributed by atoms with Crippen molar-refractivity contribution in [3.8, 4) is 0 Å². The first-order valence-corrected chi connectivity index (χ1v) is 6.22. The van der Waals surface area contributed by atoms with E-state index in [1.807, 2.05) is 6.92 Å². The Morgan fingerprint density at radius 1 is 1.40 bits per heavy atom. The average molecular weight is 270 g/mol. The standard InChI is InChI=1S/C12H16BrNO/c1-8(15-2)12-10(13)7-9-5-3-4-6-11(9)14-12/h7-8H,3-6H2,1-2H3. The third kappa shape index (κ3) is 2.23. The second kappa shape index (κ2) is 4.62. The molecule has 0 aliphatic heterocycles. The fourth-order valence-electron chi connectivity index (χ4n) is 2.02. The second-order valence-electron chi connectivity index (χ2n) is 4.05. The van der Waals surface area contributed by atoms with E-state index in [2.05, 4.69) is 22.0 Å². The van der Waals surface area contributed by atoms with Crippen LogP contribution in [0.25, 0.3) is 0 Å². The Morgan fingerprint density at radius 2 is 2.13 bits per heavy atom. The van der Waals surface area contributed by atoms with Crippen LogP contribution < -0.4 is 0 Å². The number of methoxy groups -OCH3 is 1. The summed E-state index contributed by atoms with van der Waals surface area (Å²) in [6, 6.07) is 2.21. The van der Waals surface area contributed by atoms with E-state index >= 15 is 0 Å². The Balaban J connectivity index is 2.40. The van der Waals surface area contributed by atoms with E-state index < -0.39 is 0 Å². The zero-order chi connectivity index (χ0) is 10.8. The molecular formula is C12H16BrNO. The quantitative estimate of drug-likeness (QED) is 0.821. The molecule has 0 spiro atoms. The summed E-state index contributed by atoms with van der Waals surface area (Å²) < 4.78 is 6.40. The first-order valence-electron chi connectivity index (χ1n) is 5.43. The molecule has 1 aromatic heterocycles. The molecule has 2 rings (SSSR count). The number of hydrogen-bond donors (Lipinski definition) is 0. The molecule has 1 aliphatic rings. The highest BCUT2D eigenvalue weighted by Crippen LogP contribution is 2.29. The maximum Gasteiger partial charge on any atom is 0.0974 e. The van der Waals surface area contributed by atoms with Crippen LogP contribution in [-0.2, 0) is 17.6 Å². The normalized spacial score (nSPS) is 17.3. The van der Waals surface area contributed by atoms with Crippen LogP contribution in [0, 0.1) is 0 Å². The zero-order valence-electron chi connectivity index (χ0n) is 9.22. The summed E-state index contributed by atoms with van der Waals surface area (Å²) >= 11 is 3.57. The van der Waals surface area contributed by atoms with Crippen LogP contribution in [0.4, 0.5) is 0 Å².